The zero-order valence-corrected chi connectivity index (χ0v) is 9.93. The van der Waals surface area contributed by atoms with Crippen LogP contribution in [0, 0.1) is 5.41 Å². The molecule has 0 amide bonds. The van der Waals surface area contributed by atoms with Crippen LogP contribution in [0.5, 0.6) is 0 Å². The Morgan fingerprint density at radius 1 is 1.50 bits per heavy atom. The molecule has 0 saturated heterocycles. The molecule has 92 valence electrons. The van der Waals surface area contributed by atoms with Crippen molar-refractivity contribution in [3.8, 4) is 0 Å². The van der Waals surface area contributed by atoms with Crippen LogP contribution >= 0.6 is 0 Å². The van der Waals surface area contributed by atoms with Crippen LogP contribution in [0.15, 0.2) is 18.5 Å². The van der Waals surface area contributed by atoms with Gasteiger partial charge in [0.05, 0.1) is 12.6 Å². The van der Waals surface area contributed by atoms with E-state index in [1.165, 1.54) is 0 Å². The van der Waals surface area contributed by atoms with Crippen molar-refractivity contribution in [2.75, 3.05) is 19.7 Å². The highest BCUT2D eigenvalue weighted by molar-refractivity contribution is 4.79. The number of nitrogens with zero attached hydrogens (tertiary/aromatic N) is 2. The van der Waals surface area contributed by atoms with E-state index < -0.39 is 6.10 Å². The van der Waals surface area contributed by atoms with Crippen LogP contribution in [0.25, 0.3) is 0 Å². The number of aliphatic hydroxyl groups is 2. The molecule has 0 fully saturated rings. The van der Waals surface area contributed by atoms with E-state index in [0.717, 1.165) is 0 Å². The Morgan fingerprint density at radius 3 is 2.81 bits per heavy atom. The van der Waals surface area contributed by atoms with E-state index in [-0.39, 0.29) is 12.0 Å². The normalized spacial score (nSPS) is 14.0. The Bertz CT molecular complexity index is 285. The molecule has 3 N–H and O–H groups in total. The van der Waals surface area contributed by atoms with Crippen LogP contribution < -0.4 is 5.32 Å². The van der Waals surface area contributed by atoms with Gasteiger partial charge in [-0.15, -0.1) is 0 Å². The highest BCUT2D eigenvalue weighted by atomic mass is 16.3. The van der Waals surface area contributed by atoms with Gasteiger partial charge in [0.1, 0.15) is 0 Å². The first-order chi connectivity index (χ1) is 7.53. The number of nitrogens with one attached hydrogen (secondary N) is 1. The molecule has 1 aromatic rings. The van der Waals surface area contributed by atoms with Crippen LogP contribution in [0.2, 0.25) is 0 Å². The molecule has 1 aromatic heterocycles. The van der Waals surface area contributed by atoms with E-state index >= 15 is 0 Å². The molecule has 0 bridgehead atoms. The molecule has 1 atom stereocenters. The minimum absolute atomic E-state index is 0.134. The van der Waals surface area contributed by atoms with Crippen molar-refractivity contribution in [1.29, 1.82) is 0 Å². The second-order valence-electron chi connectivity index (χ2n) is 4.84. The van der Waals surface area contributed by atoms with Crippen molar-refractivity contribution < 1.29 is 10.2 Å². The van der Waals surface area contributed by atoms with Crippen LogP contribution in [-0.4, -0.2) is 45.8 Å². The number of rotatable bonds is 7. The molecule has 5 heteroatoms. The lowest BCUT2D eigenvalue weighted by Crippen LogP contribution is -2.37. The van der Waals surface area contributed by atoms with Crippen molar-refractivity contribution in [2.45, 2.75) is 26.5 Å². The van der Waals surface area contributed by atoms with Gasteiger partial charge in [-0.1, -0.05) is 13.8 Å². The van der Waals surface area contributed by atoms with Gasteiger partial charge in [-0.25, -0.2) is 0 Å². The summed E-state index contributed by atoms with van der Waals surface area (Å²) in [6.45, 7) is 5.75. The predicted molar refractivity (Wildman–Crippen MR) is 62.0 cm³/mol. The van der Waals surface area contributed by atoms with Crippen LogP contribution in [0.4, 0.5) is 0 Å². The third-order valence-electron chi connectivity index (χ3n) is 2.37. The standard InChI is InChI=1S/C11H21N3O2/c1-11(2,9-15)8-12-6-10(16)7-14-5-3-4-13-14/h3-5,10,12,15-16H,6-9H2,1-2H3. The van der Waals surface area contributed by atoms with E-state index in [1.54, 1.807) is 10.9 Å². The van der Waals surface area contributed by atoms with Gasteiger partial charge >= 0.3 is 0 Å². The summed E-state index contributed by atoms with van der Waals surface area (Å²) in [5.74, 6) is 0. The lowest BCUT2D eigenvalue weighted by atomic mass is 9.95. The van der Waals surface area contributed by atoms with Crippen molar-refractivity contribution in [3.63, 3.8) is 0 Å². The van der Waals surface area contributed by atoms with E-state index in [0.29, 0.717) is 19.6 Å². The highest BCUT2D eigenvalue weighted by Gasteiger charge is 2.16. The molecular weight excluding hydrogens is 206 g/mol. The summed E-state index contributed by atoms with van der Waals surface area (Å²) in [6, 6.07) is 1.83. The summed E-state index contributed by atoms with van der Waals surface area (Å²) >= 11 is 0. The van der Waals surface area contributed by atoms with Gasteiger partial charge in [0.2, 0.25) is 0 Å². The summed E-state index contributed by atoms with van der Waals surface area (Å²) in [5.41, 5.74) is -0.147. The van der Waals surface area contributed by atoms with Crippen molar-refractivity contribution in [2.24, 2.45) is 5.41 Å². The average Bonchev–Trinajstić information content (AvgIpc) is 2.70. The van der Waals surface area contributed by atoms with Crippen molar-refractivity contribution >= 4 is 0 Å². The lowest BCUT2D eigenvalue weighted by molar-refractivity contribution is 0.126. The number of hydrogen-bond acceptors (Lipinski definition) is 4. The molecule has 16 heavy (non-hydrogen) atoms. The number of aromatic nitrogens is 2. The molecule has 0 aliphatic heterocycles. The minimum Gasteiger partial charge on any atom is -0.396 e. The quantitative estimate of drug-likeness (QED) is 0.606. The maximum absolute atomic E-state index is 9.70. The Morgan fingerprint density at radius 2 is 2.25 bits per heavy atom. The van der Waals surface area contributed by atoms with Crippen molar-refractivity contribution in [1.82, 2.24) is 15.1 Å². The Balaban J connectivity index is 2.18. The molecule has 0 aliphatic carbocycles. The molecule has 1 rings (SSSR count). The average molecular weight is 227 g/mol. The van der Waals surface area contributed by atoms with E-state index in [9.17, 15) is 5.11 Å². The van der Waals surface area contributed by atoms with Crippen molar-refractivity contribution in [3.05, 3.63) is 18.5 Å². The summed E-state index contributed by atoms with van der Waals surface area (Å²) in [6.07, 6.45) is 3.05. The first-order valence-electron chi connectivity index (χ1n) is 5.50. The fourth-order valence-corrected chi connectivity index (χ4v) is 1.32. The Hall–Kier alpha value is -0.910. The summed E-state index contributed by atoms with van der Waals surface area (Å²) in [5, 5.41) is 25.9. The molecule has 1 heterocycles. The molecule has 0 spiro atoms. The molecule has 0 saturated carbocycles. The SMILES string of the molecule is CC(C)(CO)CNCC(O)Cn1cccn1. The zero-order chi connectivity index (χ0) is 12.0. The number of hydrogen-bond donors (Lipinski definition) is 3. The largest absolute Gasteiger partial charge is 0.396 e. The van der Waals surface area contributed by atoms with Gasteiger partial charge in [0.15, 0.2) is 0 Å². The lowest BCUT2D eigenvalue weighted by Gasteiger charge is -2.23. The first-order valence-corrected chi connectivity index (χ1v) is 5.50. The monoisotopic (exact) mass is 227 g/mol. The van der Waals surface area contributed by atoms with Gasteiger partial charge in [0, 0.05) is 37.5 Å². The van der Waals surface area contributed by atoms with E-state index in [1.807, 2.05) is 26.1 Å². The van der Waals surface area contributed by atoms with Crippen LogP contribution in [0.3, 0.4) is 0 Å². The van der Waals surface area contributed by atoms with Gasteiger partial charge in [0.25, 0.3) is 0 Å². The second-order valence-corrected chi connectivity index (χ2v) is 4.84. The molecular formula is C11H21N3O2. The van der Waals surface area contributed by atoms with Gasteiger partial charge in [-0.3, -0.25) is 4.68 Å². The summed E-state index contributed by atoms with van der Waals surface area (Å²) in [4.78, 5) is 0. The Kier molecular flexibility index (Phi) is 4.92. The second kappa shape index (κ2) is 5.98. The van der Waals surface area contributed by atoms with Gasteiger partial charge in [-0.2, -0.15) is 5.10 Å². The number of aliphatic hydroxyl groups excluding tert-OH is 2. The minimum atomic E-state index is -0.464. The predicted octanol–water partition coefficient (Wildman–Crippen LogP) is -0.148. The zero-order valence-electron chi connectivity index (χ0n) is 9.93. The van der Waals surface area contributed by atoms with Crippen LogP contribution in [-0.2, 0) is 6.54 Å². The smallest absolute Gasteiger partial charge is 0.0860 e. The molecule has 5 nitrogen and oxygen atoms in total. The third-order valence-corrected chi connectivity index (χ3v) is 2.37. The first kappa shape index (κ1) is 13.2. The van der Waals surface area contributed by atoms with Crippen LogP contribution in [0.1, 0.15) is 13.8 Å². The maximum atomic E-state index is 9.70. The third kappa shape index (κ3) is 4.74. The maximum Gasteiger partial charge on any atom is 0.0860 e. The molecule has 0 aliphatic rings. The summed E-state index contributed by atoms with van der Waals surface area (Å²) in [7, 11) is 0. The molecule has 1 unspecified atom stereocenters. The fourth-order valence-electron chi connectivity index (χ4n) is 1.32. The molecule has 0 radical (unpaired) electrons. The fraction of sp³-hybridized carbons (Fsp3) is 0.727. The highest BCUT2D eigenvalue weighted by Crippen LogP contribution is 2.10. The Labute approximate surface area is 96.1 Å². The molecule has 0 aromatic carbocycles. The summed E-state index contributed by atoms with van der Waals surface area (Å²) < 4.78 is 1.70. The van der Waals surface area contributed by atoms with Gasteiger partial charge < -0.3 is 15.5 Å². The van der Waals surface area contributed by atoms with Gasteiger partial charge in [-0.05, 0) is 6.07 Å². The van der Waals surface area contributed by atoms with E-state index in [4.69, 9.17) is 5.11 Å². The topological polar surface area (TPSA) is 70.3 Å². The van der Waals surface area contributed by atoms with E-state index in [2.05, 4.69) is 10.4 Å².